The topological polar surface area (TPSA) is 77.0 Å². The molecule has 144 valence electrons. The van der Waals surface area contributed by atoms with E-state index in [2.05, 4.69) is 20.9 Å². The molecule has 2 fully saturated rings. The first-order valence-electron chi connectivity index (χ1n) is 9.27. The van der Waals surface area contributed by atoms with Gasteiger partial charge in [0.2, 0.25) is 5.91 Å². The number of morpholine rings is 1. The largest absolute Gasteiger partial charge is 0.382 e. The van der Waals surface area contributed by atoms with Crippen molar-refractivity contribution in [3.63, 3.8) is 0 Å². The Hall–Kier alpha value is -1.77. The smallest absolute Gasteiger partial charge is 0.248 e. The maximum Gasteiger partial charge on any atom is 0.248 e. The van der Waals surface area contributed by atoms with E-state index < -0.39 is 0 Å². The van der Waals surface area contributed by atoms with Gasteiger partial charge in [0.25, 0.3) is 0 Å². The minimum atomic E-state index is 0.0354. The van der Waals surface area contributed by atoms with Gasteiger partial charge in [0.1, 0.15) is 18.8 Å². The van der Waals surface area contributed by atoms with E-state index in [1.54, 1.807) is 13.4 Å². The molecule has 1 aromatic heterocycles. The maximum absolute atomic E-state index is 12.4. The molecule has 2 aliphatic rings. The molecule has 0 N–H and O–H groups in total. The normalized spacial score (nSPS) is 21.0. The van der Waals surface area contributed by atoms with Crippen LogP contribution < -0.4 is 4.90 Å². The minimum Gasteiger partial charge on any atom is -0.382 e. The number of likely N-dealkylation sites (tertiary alicyclic amines) is 1. The molecule has 0 aromatic carbocycles. The summed E-state index contributed by atoms with van der Waals surface area (Å²) in [5.74, 6) is 1.23. The van der Waals surface area contributed by atoms with E-state index in [1.165, 1.54) is 0 Å². The Morgan fingerprint density at radius 3 is 2.92 bits per heavy atom. The fourth-order valence-electron chi connectivity index (χ4n) is 3.39. The van der Waals surface area contributed by atoms with Crippen molar-refractivity contribution in [2.75, 3.05) is 71.2 Å². The molecule has 0 radical (unpaired) electrons. The zero-order chi connectivity index (χ0) is 18.2. The molecule has 1 unspecified atom stereocenters. The van der Waals surface area contributed by atoms with Crippen molar-refractivity contribution < 1.29 is 19.0 Å². The van der Waals surface area contributed by atoms with E-state index >= 15 is 0 Å². The first-order chi connectivity index (χ1) is 12.8. The van der Waals surface area contributed by atoms with E-state index in [1.807, 2.05) is 4.90 Å². The Balaban J connectivity index is 1.57. The number of amides is 1. The predicted molar refractivity (Wildman–Crippen MR) is 96.3 cm³/mol. The number of hydrogen-bond acceptors (Lipinski definition) is 7. The van der Waals surface area contributed by atoms with Crippen molar-refractivity contribution >= 4 is 11.7 Å². The second-order valence-electron chi connectivity index (χ2n) is 6.62. The lowest BCUT2D eigenvalue weighted by Crippen LogP contribution is -2.41. The maximum atomic E-state index is 12.4. The summed E-state index contributed by atoms with van der Waals surface area (Å²) < 4.78 is 15.7. The molecule has 8 nitrogen and oxygen atoms in total. The summed E-state index contributed by atoms with van der Waals surface area (Å²) in [6.07, 6.45) is 3.65. The number of rotatable bonds is 7. The number of anilines is 1. The summed E-state index contributed by atoms with van der Waals surface area (Å²) in [5, 5.41) is 0. The van der Waals surface area contributed by atoms with Crippen LogP contribution in [0.1, 0.15) is 24.5 Å². The number of aromatic nitrogens is 2. The van der Waals surface area contributed by atoms with Gasteiger partial charge >= 0.3 is 0 Å². The molecular formula is C18H28N4O4. The second kappa shape index (κ2) is 9.80. The molecule has 0 saturated carbocycles. The van der Waals surface area contributed by atoms with Gasteiger partial charge in [-0.25, -0.2) is 9.97 Å². The van der Waals surface area contributed by atoms with Gasteiger partial charge in [-0.15, -0.1) is 0 Å². The summed E-state index contributed by atoms with van der Waals surface area (Å²) in [5.41, 5.74) is 1.01. The summed E-state index contributed by atoms with van der Waals surface area (Å²) in [6.45, 7) is 5.68. The van der Waals surface area contributed by atoms with Gasteiger partial charge in [0, 0.05) is 45.3 Å². The molecule has 8 heteroatoms. The fraction of sp³-hybridized carbons (Fsp3) is 0.722. The highest BCUT2D eigenvalue weighted by Gasteiger charge is 2.26. The van der Waals surface area contributed by atoms with Gasteiger partial charge in [-0.1, -0.05) is 0 Å². The number of carbonyl (C=O) groups is 1. The third-order valence-electron chi connectivity index (χ3n) is 4.86. The van der Waals surface area contributed by atoms with Gasteiger partial charge in [-0.3, -0.25) is 4.79 Å². The average molecular weight is 364 g/mol. The van der Waals surface area contributed by atoms with Gasteiger partial charge in [-0.05, 0) is 12.8 Å². The predicted octanol–water partition coefficient (Wildman–Crippen LogP) is 0.682. The molecule has 26 heavy (non-hydrogen) atoms. The minimum absolute atomic E-state index is 0.0354. The van der Waals surface area contributed by atoms with Gasteiger partial charge < -0.3 is 24.0 Å². The highest BCUT2D eigenvalue weighted by atomic mass is 16.5. The molecule has 2 saturated heterocycles. The quantitative estimate of drug-likeness (QED) is 0.659. The molecular weight excluding hydrogens is 336 g/mol. The molecule has 1 aromatic rings. The lowest BCUT2D eigenvalue weighted by molar-refractivity contribution is -0.137. The second-order valence-corrected chi connectivity index (χ2v) is 6.62. The number of nitrogens with zero attached hydrogens (tertiary/aromatic N) is 4. The van der Waals surface area contributed by atoms with Gasteiger partial charge in [0.15, 0.2) is 0 Å². The number of hydrogen-bond donors (Lipinski definition) is 0. The van der Waals surface area contributed by atoms with Crippen LogP contribution in [0.15, 0.2) is 12.4 Å². The van der Waals surface area contributed by atoms with Crippen LogP contribution >= 0.6 is 0 Å². The molecule has 3 rings (SSSR count). The SMILES string of the molecule is COCCOCC(=O)N1CCCC(c2cc(N3CCOCC3)ncn2)C1. The summed E-state index contributed by atoms with van der Waals surface area (Å²) in [4.78, 5) is 25.4. The Morgan fingerprint density at radius 1 is 1.27 bits per heavy atom. The third-order valence-corrected chi connectivity index (χ3v) is 4.86. The van der Waals surface area contributed by atoms with E-state index in [-0.39, 0.29) is 18.4 Å². The van der Waals surface area contributed by atoms with Crippen molar-refractivity contribution in [2.24, 2.45) is 0 Å². The standard InChI is InChI=1S/C18H28N4O4/c1-24-9-10-26-13-18(23)22-4-2-3-15(12-22)16-11-17(20-14-19-16)21-5-7-25-8-6-21/h11,14-15H,2-10,12-13H2,1H3. The Labute approximate surface area is 154 Å². The Morgan fingerprint density at radius 2 is 2.12 bits per heavy atom. The van der Waals surface area contributed by atoms with Gasteiger partial charge in [-0.2, -0.15) is 0 Å². The van der Waals surface area contributed by atoms with Crippen LogP contribution in [0.5, 0.6) is 0 Å². The lowest BCUT2D eigenvalue weighted by atomic mass is 9.94. The summed E-state index contributed by atoms with van der Waals surface area (Å²) in [7, 11) is 1.62. The number of piperidine rings is 1. The van der Waals surface area contributed by atoms with Gasteiger partial charge in [0.05, 0.1) is 32.1 Å². The van der Waals surface area contributed by atoms with Crippen LogP contribution in [0.3, 0.4) is 0 Å². The average Bonchev–Trinajstić information content (AvgIpc) is 2.72. The summed E-state index contributed by atoms with van der Waals surface area (Å²) in [6, 6.07) is 2.07. The van der Waals surface area contributed by atoms with Crippen LogP contribution in [-0.2, 0) is 19.0 Å². The molecule has 0 spiro atoms. The molecule has 1 atom stereocenters. The first kappa shape index (κ1) is 19.0. The monoisotopic (exact) mass is 364 g/mol. The van der Waals surface area contributed by atoms with E-state index in [4.69, 9.17) is 14.2 Å². The van der Waals surface area contributed by atoms with Crippen LogP contribution in [0.2, 0.25) is 0 Å². The molecule has 0 bridgehead atoms. The van der Waals surface area contributed by atoms with Crippen molar-refractivity contribution in [2.45, 2.75) is 18.8 Å². The van der Waals surface area contributed by atoms with Crippen LogP contribution in [0, 0.1) is 0 Å². The Bertz CT molecular complexity index is 580. The van der Waals surface area contributed by atoms with Crippen LogP contribution in [0.25, 0.3) is 0 Å². The number of ether oxygens (including phenoxy) is 3. The molecule has 3 heterocycles. The number of carbonyl (C=O) groups excluding carboxylic acids is 1. The Kier molecular flexibility index (Phi) is 7.16. The fourth-order valence-corrected chi connectivity index (χ4v) is 3.39. The molecule has 2 aliphatic heterocycles. The number of methoxy groups -OCH3 is 1. The van der Waals surface area contributed by atoms with Crippen molar-refractivity contribution in [1.29, 1.82) is 0 Å². The zero-order valence-electron chi connectivity index (χ0n) is 15.4. The highest BCUT2D eigenvalue weighted by molar-refractivity contribution is 5.77. The van der Waals surface area contributed by atoms with Crippen molar-refractivity contribution in [3.8, 4) is 0 Å². The van der Waals surface area contributed by atoms with E-state index in [0.717, 1.165) is 57.2 Å². The summed E-state index contributed by atoms with van der Waals surface area (Å²) >= 11 is 0. The molecule has 0 aliphatic carbocycles. The van der Waals surface area contributed by atoms with E-state index in [0.29, 0.717) is 19.8 Å². The first-order valence-corrected chi connectivity index (χ1v) is 9.27. The van der Waals surface area contributed by atoms with Crippen LogP contribution in [-0.4, -0.2) is 87.1 Å². The third kappa shape index (κ3) is 5.12. The van der Waals surface area contributed by atoms with Crippen LogP contribution in [0.4, 0.5) is 5.82 Å². The van der Waals surface area contributed by atoms with Crippen molar-refractivity contribution in [1.82, 2.24) is 14.9 Å². The van der Waals surface area contributed by atoms with E-state index in [9.17, 15) is 4.79 Å². The lowest BCUT2D eigenvalue weighted by Gasteiger charge is -2.33. The highest BCUT2D eigenvalue weighted by Crippen LogP contribution is 2.27. The zero-order valence-corrected chi connectivity index (χ0v) is 15.4. The van der Waals surface area contributed by atoms with Crippen molar-refractivity contribution in [3.05, 3.63) is 18.1 Å². The molecule has 1 amide bonds.